The van der Waals surface area contributed by atoms with Crippen LogP contribution in [0.1, 0.15) is 21.4 Å². The van der Waals surface area contributed by atoms with Crippen molar-refractivity contribution in [3.63, 3.8) is 0 Å². The van der Waals surface area contributed by atoms with Gasteiger partial charge >= 0.3 is 5.97 Å². The average Bonchev–Trinajstić information content (AvgIpc) is 2.42. The summed E-state index contributed by atoms with van der Waals surface area (Å²) in [6, 6.07) is 12.6. The fraction of sp³-hybridized carbons (Fsp3) is 0.0714. The Kier molecular flexibility index (Phi) is 3.44. The van der Waals surface area contributed by atoms with Gasteiger partial charge in [0.05, 0.1) is 15.6 Å². The number of carbonyl (C=O) groups excluding carboxylic acids is 1. The summed E-state index contributed by atoms with van der Waals surface area (Å²) in [5.74, 6) is -0.314. The highest BCUT2D eigenvalue weighted by Gasteiger charge is 2.28. The van der Waals surface area contributed by atoms with Gasteiger partial charge in [-0.3, -0.25) is 0 Å². The van der Waals surface area contributed by atoms with Crippen LogP contribution in [0.5, 0.6) is 0 Å². The average molecular weight is 311 g/mol. The van der Waals surface area contributed by atoms with Gasteiger partial charge in [-0.1, -0.05) is 53.2 Å². The number of halogens is 2. The Hall–Kier alpha value is -1.16. The SMILES string of the molecule is O=C1OC(c2ccc(Cl)c(Cl)c2)Sc2ccccc21. The van der Waals surface area contributed by atoms with Crippen LogP contribution >= 0.6 is 35.0 Å². The molecule has 0 saturated heterocycles. The van der Waals surface area contributed by atoms with Crippen molar-refractivity contribution in [2.24, 2.45) is 0 Å². The second-order valence-corrected chi connectivity index (χ2v) is 5.94. The monoisotopic (exact) mass is 310 g/mol. The first kappa shape index (κ1) is 12.9. The summed E-state index contributed by atoms with van der Waals surface area (Å²) >= 11 is 13.4. The molecule has 3 rings (SSSR count). The van der Waals surface area contributed by atoms with Crippen molar-refractivity contribution >= 4 is 40.9 Å². The molecule has 2 aromatic carbocycles. The van der Waals surface area contributed by atoms with E-state index in [0.717, 1.165) is 10.5 Å². The van der Waals surface area contributed by atoms with Crippen LogP contribution < -0.4 is 0 Å². The van der Waals surface area contributed by atoms with Crippen LogP contribution in [0.4, 0.5) is 0 Å². The van der Waals surface area contributed by atoms with Gasteiger partial charge in [-0.25, -0.2) is 4.79 Å². The fourth-order valence-corrected chi connectivity index (χ4v) is 3.22. The molecule has 1 heterocycles. The highest BCUT2D eigenvalue weighted by atomic mass is 35.5. The van der Waals surface area contributed by atoms with Gasteiger partial charge in [-0.05, 0) is 24.3 Å². The van der Waals surface area contributed by atoms with Crippen molar-refractivity contribution < 1.29 is 9.53 Å². The lowest BCUT2D eigenvalue weighted by Crippen LogP contribution is -2.15. The third-order valence-electron chi connectivity index (χ3n) is 2.77. The van der Waals surface area contributed by atoms with E-state index in [4.69, 9.17) is 27.9 Å². The zero-order valence-corrected chi connectivity index (χ0v) is 11.9. The summed E-state index contributed by atoms with van der Waals surface area (Å²) in [7, 11) is 0. The molecule has 0 fully saturated rings. The molecule has 0 radical (unpaired) electrons. The smallest absolute Gasteiger partial charge is 0.340 e. The third-order valence-corrected chi connectivity index (χ3v) is 4.70. The number of ether oxygens (including phenoxy) is 1. The van der Waals surface area contributed by atoms with Crippen LogP contribution in [-0.4, -0.2) is 5.97 Å². The summed E-state index contributed by atoms with van der Waals surface area (Å²) in [5.41, 5.74) is 1.03. The van der Waals surface area contributed by atoms with E-state index in [1.54, 1.807) is 18.2 Å². The number of cyclic esters (lactones) is 1. The van der Waals surface area contributed by atoms with Crippen molar-refractivity contribution in [2.75, 3.05) is 0 Å². The Bertz CT molecular complexity index is 658. The molecule has 1 unspecified atom stereocenters. The number of thioether (sulfide) groups is 1. The molecule has 0 amide bonds. The molecule has 0 spiro atoms. The molecular formula is C14H8Cl2O2S. The second kappa shape index (κ2) is 5.08. The highest BCUT2D eigenvalue weighted by Crippen LogP contribution is 2.43. The zero-order chi connectivity index (χ0) is 13.4. The van der Waals surface area contributed by atoms with Crippen molar-refractivity contribution in [1.29, 1.82) is 0 Å². The Morgan fingerprint density at radius 3 is 2.63 bits per heavy atom. The van der Waals surface area contributed by atoms with E-state index in [-0.39, 0.29) is 5.97 Å². The minimum Gasteiger partial charge on any atom is -0.442 e. The Balaban J connectivity index is 1.96. The summed E-state index contributed by atoms with van der Waals surface area (Å²) in [6.45, 7) is 0. The molecule has 0 aliphatic carbocycles. The molecule has 96 valence electrons. The molecule has 0 N–H and O–H groups in total. The van der Waals surface area contributed by atoms with Gasteiger partial charge in [0, 0.05) is 10.5 Å². The molecule has 0 saturated carbocycles. The van der Waals surface area contributed by atoms with E-state index >= 15 is 0 Å². The van der Waals surface area contributed by atoms with Crippen molar-refractivity contribution in [3.8, 4) is 0 Å². The number of benzene rings is 2. The number of esters is 1. The predicted molar refractivity (Wildman–Crippen MR) is 76.9 cm³/mol. The molecule has 2 aromatic rings. The van der Waals surface area contributed by atoms with Crippen LogP contribution in [0.3, 0.4) is 0 Å². The Labute approximate surface area is 124 Å². The van der Waals surface area contributed by atoms with Crippen molar-refractivity contribution in [3.05, 3.63) is 63.6 Å². The number of hydrogen-bond acceptors (Lipinski definition) is 3. The van der Waals surface area contributed by atoms with Crippen LogP contribution in [-0.2, 0) is 4.74 Å². The molecule has 5 heteroatoms. The quantitative estimate of drug-likeness (QED) is 0.697. The normalized spacial score (nSPS) is 17.8. The lowest BCUT2D eigenvalue weighted by molar-refractivity contribution is 0.0440. The van der Waals surface area contributed by atoms with Crippen molar-refractivity contribution in [1.82, 2.24) is 0 Å². The first-order valence-corrected chi connectivity index (χ1v) is 7.20. The zero-order valence-electron chi connectivity index (χ0n) is 9.60. The maximum atomic E-state index is 11.9. The van der Waals surface area contributed by atoms with E-state index in [1.165, 1.54) is 11.8 Å². The van der Waals surface area contributed by atoms with E-state index in [2.05, 4.69) is 0 Å². The van der Waals surface area contributed by atoms with Gasteiger partial charge in [0.15, 0.2) is 5.44 Å². The second-order valence-electron chi connectivity index (χ2n) is 4.02. The largest absolute Gasteiger partial charge is 0.442 e. The lowest BCUT2D eigenvalue weighted by atomic mass is 10.2. The minimum absolute atomic E-state index is 0.314. The van der Waals surface area contributed by atoms with Gasteiger partial charge in [0.1, 0.15) is 0 Å². The summed E-state index contributed by atoms with van der Waals surface area (Å²) in [6.07, 6.45) is 0. The number of rotatable bonds is 1. The minimum atomic E-state index is -0.392. The fourth-order valence-electron chi connectivity index (χ4n) is 1.83. The predicted octanol–water partition coefficient (Wildman–Crippen LogP) is 4.95. The van der Waals surface area contributed by atoms with Crippen LogP contribution in [0.2, 0.25) is 10.0 Å². The van der Waals surface area contributed by atoms with Gasteiger partial charge < -0.3 is 4.74 Å². The van der Waals surface area contributed by atoms with Gasteiger partial charge in [0.2, 0.25) is 0 Å². The molecule has 1 atom stereocenters. The Morgan fingerprint density at radius 1 is 1.05 bits per heavy atom. The van der Waals surface area contributed by atoms with E-state index in [0.29, 0.717) is 15.6 Å². The first-order chi connectivity index (χ1) is 9.15. The van der Waals surface area contributed by atoms with E-state index < -0.39 is 5.44 Å². The summed E-state index contributed by atoms with van der Waals surface area (Å²) in [4.78, 5) is 12.8. The molecule has 19 heavy (non-hydrogen) atoms. The third kappa shape index (κ3) is 2.46. The maximum absolute atomic E-state index is 11.9. The van der Waals surface area contributed by atoms with Crippen molar-refractivity contribution in [2.45, 2.75) is 10.3 Å². The maximum Gasteiger partial charge on any atom is 0.340 e. The molecule has 1 aliphatic heterocycles. The molecular weight excluding hydrogens is 303 g/mol. The van der Waals surface area contributed by atoms with Crippen LogP contribution in [0, 0.1) is 0 Å². The number of fused-ring (bicyclic) bond motifs is 1. The highest BCUT2D eigenvalue weighted by molar-refractivity contribution is 7.99. The summed E-state index contributed by atoms with van der Waals surface area (Å²) in [5, 5.41) is 0.938. The Morgan fingerprint density at radius 2 is 1.84 bits per heavy atom. The number of carbonyl (C=O) groups is 1. The van der Waals surface area contributed by atoms with E-state index in [1.807, 2.05) is 24.3 Å². The molecule has 1 aliphatic rings. The van der Waals surface area contributed by atoms with E-state index in [9.17, 15) is 4.79 Å². The summed E-state index contributed by atoms with van der Waals surface area (Å²) < 4.78 is 5.42. The lowest BCUT2D eigenvalue weighted by Gasteiger charge is -2.24. The van der Waals surface area contributed by atoms with Gasteiger partial charge in [-0.15, -0.1) is 0 Å². The topological polar surface area (TPSA) is 26.3 Å². The standard InChI is InChI=1S/C14H8Cl2O2S/c15-10-6-5-8(7-11(10)16)14-18-13(17)9-3-1-2-4-12(9)19-14/h1-7,14H. The van der Waals surface area contributed by atoms with Crippen LogP contribution in [0.25, 0.3) is 0 Å². The molecule has 2 nitrogen and oxygen atoms in total. The van der Waals surface area contributed by atoms with Gasteiger partial charge in [-0.2, -0.15) is 0 Å². The molecule has 0 aromatic heterocycles. The number of hydrogen-bond donors (Lipinski definition) is 0. The van der Waals surface area contributed by atoms with Crippen LogP contribution in [0.15, 0.2) is 47.4 Å². The first-order valence-electron chi connectivity index (χ1n) is 5.57. The van der Waals surface area contributed by atoms with Gasteiger partial charge in [0.25, 0.3) is 0 Å². The molecule has 0 bridgehead atoms.